The maximum absolute atomic E-state index is 14.0. The number of methoxy groups -OCH3 is 1. The molecule has 2 aromatic carbocycles. The van der Waals surface area contributed by atoms with Crippen LogP contribution in [-0.4, -0.2) is 114 Å². The summed E-state index contributed by atoms with van der Waals surface area (Å²) in [4.78, 5) is 52.9. The van der Waals surface area contributed by atoms with E-state index in [1.165, 1.54) is 19.2 Å². The summed E-state index contributed by atoms with van der Waals surface area (Å²) < 4.78 is 41.7. The van der Waals surface area contributed by atoms with Crippen LogP contribution in [0.2, 0.25) is 0 Å². The summed E-state index contributed by atoms with van der Waals surface area (Å²) >= 11 is 0. The average molecular weight is 822 g/mol. The van der Waals surface area contributed by atoms with Crippen LogP contribution in [0.1, 0.15) is 92.4 Å². The number of amides is 1. The van der Waals surface area contributed by atoms with Gasteiger partial charge in [-0.1, -0.05) is 44.2 Å². The molecule has 0 spiro atoms. The van der Waals surface area contributed by atoms with Crippen molar-refractivity contribution < 1.29 is 67.7 Å². The zero-order valence-electron chi connectivity index (χ0n) is 33.7. The lowest BCUT2D eigenvalue weighted by Gasteiger charge is -2.51. The minimum atomic E-state index is -2.42. The molecule has 2 aromatic rings. The zero-order valence-corrected chi connectivity index (χ0v) is 33.7. The number of rotatable bonds is 6. The van der Waals surface area contributed by atoms with E-state index in [-0.39, 0.29) is 55.1 Å². The summed E-state index contributed by atoms with van der Waals surface area (Å²) in [7, 11) is 1.18. The van der Waals surface area contributed by atoms with Crippen molar-refractivity contribution >= 4 is 29.5 Å². The molecule has 320 valence electrons. The Morgan fingerprint density at radius 2 is 1.64 bits per heavy atom. The first-order chi connectivity index (χ1) is 28.2. The summed E-state index contributed by atoms with van der Waals surface area (Å²) in [5.74, 6) is -5.26. The Bertz CT molecular complexity index is 1850. The largest absolute Gasteiger partial charge is 0.466 e. The Morgan fingerprint density at radius 3 is 2.39 bits per heavy atom. The number of carbonyl (C=O) groups excluding carboxylic acids is 4. The van der Waals surface area contributed by atoms with Crippen molar-refractivity contribution in [2.45, 2.75) is 126 Å². The van der Waals surface area contributed by atoms with E-state index in [2.05, 4.69) is 5.32 Å². The van der Waals surface area contributed by atoms with E-state index in [0.29, 0.717) is 30.7 Å². The molecule has 4 N–H and O–H groups in total. The second-order valence-electron chi connectivity index (χ2n) is 16.1. The van der Waals surface area contributed by atoms with E-state index < -0.39 is 72.3 Å². The van der Waals surface area contributed by atoms with Gasteiger partial charge in [0.15, 0.2) is 12.4 Å². The average Bonchev–Trinajstić information content (AvgIpc) is 3.21. The monoisotopic (exact) mass is 821 g/mol. The number of hydrogen-bond acceptors (Lipinski definition) is 14. The summed E-state index contributed by atoms with van der Waals surface area (Å²) in [5, 5.41) is 36.8. The second kappa shape index (κ2) is 19.7. The number of nitrogens with one attached hydrogen (secondary N) is 1. The lowest BCUT2D eigenvalue weighted by molar-refractivity contribution is -0.324. The van der Waals surface area contributed by atoms with Gasteiger partial charge in [0.25, 0.3) is 5.91 Å². The molecule has 4 aliphatic heterocycles. The number of ether oxygens (including phenoxy) is 7. The molecule has 9 atom stereocenters. The Morgan fingerprint density at radius 1 is 0.915 bits per heavy atom. The van der Waals surface area contributed by atoms with Crippen molar-refractivity contribution in [2.24, 2.45) is 5.41 Å². The number of carbonyl (C=O) groups is 4. The molecule has 6 bridgehead atoms. The minimum absolute atomic E-state index is 0.0250. The highest BCUT2D eigenvalue weighted by Gasteiger charge is 2.57. The van der Waals surface area contributed by atoms with Crippen molar-refractivity contribution in [1.29, 1.82) is 0 Å². The van der Waals surface area contributed by atoms with Gasteiger partial charge in [-0.25, -0.2) is 9.59 Å². The van der Waals surface area contributed by atoms with Gasteiger partial charge in [0, 0.05) is 35.6 Å². The van der Waals surface area contributed by atoms with Crippen molar-refractivity contribution in [3.8, 4) is 0 Å². The summed E-state index contributed by atoms with van der Waals surface area (Å²) in [6, 6.07) is 14.6. The molecule has 1 amide bonds. The first-order valence-corrected chi connectivity index (χ1v) is 20.2. The number of anilines is 1. The van der Waals surface area contributed by atoms with E-state index in [0.717, 1.165) is 25.3 Å². The first-order valence-electron chi connectivity index (χ1n) is 20.2. The van der Waals surface area contributed by atoms with Crippen molar-refractivity contribution in [2.75, 3.05) is 25.6 Å². The van der Waals surface area contributed by atoms with Gasteiger partial charge in [0.2, 0.25) is 5.79 Å². The number of esters is 3. The Balaban J connectivity index is 1.33. The number of aliphatic hydroxyl groups excluding tert-OH is 2. The molecule has 0 saturated carbocycles. The molecular weight excluding hydrogens is 766 g/mol. The molecule has 0 aromatic heterocycles. The lowest BCUT2D eigenvalue weighted by atomic mass is 9.74. The molecule has 4 heterocycles. The number of benzene rings is 2. The highest BCUT2D eigenvalue weighted by atomic mass is 16.7. The minimum Gasteiger partial charge on any atom is -0.466 e. The van der Waals surface area contributed by atoms with Crippen LogP contribution in [0, 0.1) is 5.41 Å². The molecule has 6 rings (SSSR count). The molecule has 3 fully saturated rings. The van der Waals surface area contributed by atoms with Gasteiger partial charge in [-0.2, -0.15) is 0 Å². The fourth-order valence-corrected chi connectivity index (χ4v) is 8.01. The van der Waals surface area contributed by atoms with Crippen LogP contribution in [-0.2, 0) is 42.7 Å². The van der Waals surface area contributed by atoms with Gasteiger partial charge in [-0.15, -0.1) is 0 Å². The van der Waals surface area contributed by atoms with Gasteiger partial charge in [0.1, 0.15) is 6.10 Å². The highest BCUT2D eigenvalue weighted by Crippen LogP contribution is 2.47. The molecule has 59 heavy (non-hydrogen) atoms. The van der Waals surface area contributed by atoms with Crippen molar-refractivity contribution in [3.63, 3.8) is 0 Å². The standard InChI is InChI=1S/C44H55NO14/c1-43(2)17-15-39-54-18-16-34(57-39)24-33-14-8-13-32(55-33)22-31(47)23-38(49)56-36(26-46)25-35-20-29(21-37(48)53-3)40(44(43,52)59-35)58-42(51)28-11-7-12-30(19-28)45-41(50)27-9-5-4-6-10-27/h4-7,9-12,15,17,19,21,31-36,39-40,46-47,52H,8,13-14,16,18,20,22-26H2,1-3H3,(H,45,50)/b17-15-,29-21+/t31-,32+,33-,34+,35+,36-,39+,40+,44-/m1/s1. The predicted molar refractivity (Wildman–Crippen MR) is 211 cm³/mol. The van der Waals surface area contributed by atoms with Crippen LogP contribution in [0.15, 0.2) is 78.4 Å². The van der Waals surface area contributed by atoms with Crippen LogP contribution in [0.25, 0.3) is 0 Å². The van der Waals surface area contributed by atoms with Gasteiger partial charge >= 0.3 is 17.9 Å². The quantitative estimate of drug-likeness (QED) is 0.137. The van der Waals surface area contributed by atoms with E-state index in [1.807, 2.05) is 0 Å². The summed E-state index contributed by atoms with van der Waals surface area (Å²) in [5.41, 5.74) is -0.560. The van der Waals surface area contributed by atoms with E-state index in [1.54, 1.807) is 68.5 Å². The second-order valence-corrected chi connectivity index (χ2v) is 16.1. The number of hydrogen-bond donors (Lipinski definition) is 4. The molecular formula is C44H55NO14. The molecule has 0 aliphatic carbocycles. The summed E-state index contributed by atoms with van der Waals surface area (Å²) in [6.45, 7) is 3.09. The van der Waals surface area contributed by atoms with Crippen LogP contribution in [0.4, 0.5) is 5.69 Å². The normalized spacial score (nSPS) is 32.8. The van der Waals surface area contributed by atoms with Crippen molar-refractivity contribution in [1.82, 2.24) is 0 Å². The molecule has 3 saturated heterocycles. The van der Waals surface area contributed by atoms with Crippen LogP contribution in [0.3, 0.4) is 0 Å². The maximum Gasteiger partial charge on any atom is 0.339 e. The molecule has 0 unspecified atom stereocenters. The number of fused-ring (bicyclic) bond motifs is 6. The van der Waals surface area contributed by atoms with Crippen LogP contribution in [0.5, 0.6) is 0 Å². The predicted octanol–water partition coefficient (Wildman–Crippen LogP) is 4.53. The number of aliphatic hydroxyl groups is 3. The van der Waals surface area contributed by atoms with Gasteiger partial charge < -0.3 is 53.8 Å². The smallest absolute Gasteiger partial charge is 0.339 e. The van der Waals surface area contributed by atoms with Gasteiger partial charge in [-0.3, -0.25) is 9.59 Å². The molecule has 15 nitrogen and oxygen atoms in total. The molecule has 0 radical (unpaired) electrons. The highest BCUT2D eigenvalue weighted by molar-refractivity contribution is 6.04. The van der Waals surface area contributed by atoms with Gasteiger partial charge in [0.05, 0.1) is 62.8 Å². The SMILES string of the molecule is COC(=O)/C=C1\C[C@H]2C[C@H](CO)OC(=O)C[C@H](O)C[C@@H]3CCC[C@H](C[C@@H]4CCO[C@H](/C=C\C(C)(C)[C@](O)(O2)[C@H]1OC(=O)c1cccc(NC(=O)c2ccccc2)c1)O4)O3. The first kappa shape index (κ1) is 44.1. The maximum atomic E-state index is 14.0. The van der Waals surface area contributed by atoms with Crippen molar-refractivity contribution in [3.05, 3.63) is 89.5 Å². The fourth-order valence-electron chi connectivity index (χ4n) is 8.01. The Labute approximate surface area is 343 Å². The fraction of sp³-hybridized carbons (Fsp3) is 0.545. The zero-order chi connectivity index (χ0) is 42.2. The van der Waals surface area contributed by atoms with Gasteiger partial charge in [-0.05, 0) is 80.5 Å². The Hall–Kier alpha value is -4.48. The molecule has 15 heteroatoms. The van der Waals surface area contributed by atoms with E-state index >= 15 is 0 Å². The van der Waals surface area contributed by atoms with Crippen LogP contribution < -0.4 is 5.32 Å². The third-order valence-corrected chi connectivity index (χ3v) is 11.2. The third-order valence-electron chi connectivity index (χ3n) is 11.2. The van der Waals surface area contributed by atoms with E-state index in [9.17, 15) is 34.5 Å². The molecule has 4 aliphatic rings. The Kier molecular flexibility index (Phi) is 14.7. The summed E-state index contributed by atoms with van der Waals surface area (Å²) in [6.07, 6.45) is 1.55. The number of cyclic esters (lactones) is 1. The van der Waals surface area contributed by atoms with E-state index in [4.69, 9.17) is 33.2 Å². The lowest BCUT2D eigenvalue weighted by Crippen LogP contribution is -2.62. The third kappa shape index (κ3) is 11.4. The topological polar surface area (TPSA) is 206 Å². The van der Waals surface area contributed by atoms with Crippen LogP contribution >= 0.6 is 0 Å².